The Bertz CT molecular complexity index is 386. The molecular weight excluding hydrogens is 293 g/mol. The largest absolute Gasteiger partial charge is 0.371 e. The van der Waals surface area contributed by atoms with Crippen LogP contribution in [0.25, 0.3) is 0 Å². The van der Waals surface area contributed by atoms with E-state index in [9.17, 15) is 4.39 Å². The normalized spacial score (nSPS) is 17.2. The van der Waals surface area contributed by atoms with Gasteiger partial charge in [0.1, 0.15) is 5.82 Å². The van der Waals surface area contributed by atoms with Crippen LogP contribution in [0.2, 0.25) is 0 Å². The van der Waals surface area contributed by atoms with E-state index in [1.165, 1.54) is 25.7 Å². The van der Waals surface area contributed by atoms with Gasteiger partial charge >= 0.3 is 0 Å². The van der Waals surface area contributed by atoms with Crippen molar-refractivity contribution < 1.29 is 4.39 Å². The molecule has 0 N–H and O–H groups in total. The molecule has 0 aromatic heterocycles. The predicted molar refractivity (Wildman–Crippen MR) is 78.9 cm³/mol. The maximum Gasteiger partial charge on any atom is 0.129 e. The Morgan fingerprint density at radius 2 is 2.06 bits per heavy atom. The van der Waals surface area contributed by atoms with Gasteiger partial charge in [0.2, 0.25) is 0 Å². The van der Waals surface area contributed by atoms with Crippen LogP contribution in [-0.4, -0.2) is 13.1 Å². The summed E-state index contributed by atoms with van der Waals surface area (Å²) in [5.41, 5.74) is 1.87. The van der Waals surface area contributed by atoms with Gasteiger partial charge in [-0.25, -0.2) is 4.39 Å². The van der Waals surface area contributed by atoms with Crippen LogP contribution in [-0.2, 0) is 5.33 Å². The molecule has 0 atom stereocenters. The molecule has 0 spiro atoms. The molecule has 1 aromatic rings. The molecule has 1 aromatic carbocycles. The molecule has 18 heavy (non-hydrogen) atoms. The van der Waals surface area contributed by atoms with Gasteiger partial charge in [-0.15, -0.1) is 0 Å². The van der Waals surface area contributed by atoms with Gasteiger partial charge in [0, 0.05) is 29.7 Å². The summed E-state index contributed by atoms with van der Waals surface area (Å²) in [6.45, 7) is 4.38. The van der Waals surface area contributed by atoms with Crippen LogP contribution in [0.1, 0.15) is 38.2 Å². The van der Waals surface area contributed by atoms with E-state index >= 15 is 0 Å². The lowest BCUT2D eigenvalue weighted by Crippen LogP contribution is -2.34. The van der Waals surface area contributed by atoms with Gasteiger partial charge in [-0.2, -0.15) is 0 Å². The number of hydrogen-bond acceptors (Lipinski definition) is 1. The molecule has 3 heteroatoms. The number of nitrogens with zero attached hydrogens (tertiary/aromatic N) is 1. The van der Waals surface area contributed by atoms with Gasteiger partial charge < -0.3 is 4.90 Å². The number of anilines is 1. The molecule has 100 valence electrons. The first-order valence-electron chi connectivity index (χ1n) is 6.84. The number of hydrogen-bond donors (Lipinski definition) is 0. The average molecular weight is 314 g/mol. The number of benzene rings is 1. The summed E-state index contributed by atoms with van der Waals surface area (Å²) in [4.78, 5) is 2.34. The van der Waals surface area contributed by atoms with E-state index in [2.05, 4.69) is 27.8 Å². The lowest BCUT2D eigenvalue weighted by molar-refractivity contribution is 0.378. The lowest BCUT2D eigenvalue weighted by atomic mass is 9.92. The second-order valence-corrected chi connectivity index (χ2v) is 5.65. The molecule has 0 saturated carbocycles. The standard InChI is InChI=1S/C15H21BrFN/c1-2-4-12-7-9-18(10-8-12)15-6-3-5-14(17)13(15)11-16/h3,5-6,12H,2,4,7-11H2,1H3. The van der Waals surface area contributed by atoms with Gasteiger partial charge in [0.25, 0.3) is 0 Å². The highest BCUT2D eigenvalue weighted by molar-refractivity contribution is 9.08. The topological polar surface area (TPSA) is 3.24 Å². The fourth-order valence-electron chi connectivity index (χ4n) is 2.85. The molecule has 0 unspecified atom stereocenters. The summed E-state index contributed by atoms with van der Waals surface area (Å²) in [6.07, 6.45) is 5.09. The third-order valence-corrected chi connectivity index (χ3v) is 4.44. The van der Waals surface area contributed by atoms with Crippen molar-refractivity contribution in [3.8, 4) is 0 Å². The van der Waals surface area contributed by atoms with Crippen LogP contribution in [0.15, 0.2) is 18.2 Å². The summed E-state index contributed by atoms with van der Waals surface area (Å²) in [7, 11) is 0. The van der Waals surface area contributed by atoms with Crippen LogP contribution >= 0.6 is 15.9 Å². The Hall–Kier alpha value is -0.570. The molecule has 0 bridgehead atoms. The first-order valence-corrected chi connectivity index (χ1v) is 7.96. The molecule has 1 aliphatic heterocycles. The summed E-state index contributed by atoms with van der Waals surface area (Å²) < 4.78 is 13.7. The van der Waals surface area contributed by atoms with Crippen molar-refractivity contribution in [1.29, 1.82) is 0 Å². The van der Waals surface area contributed by atoms with Crippen molar-refractivity contribution in [2.75, 3.05) is 18.0 Å². The number of halogens is 2. The lowest BCUT2D eigenvalue weighted by Gasteiger charge is -2.34. The second kappa shape index (κ2) is 6.55. The Kier molecular flexibility index (Phi) is 5.04. The van der Waals surface area contributed by atoms with E-state index < -0.39 is 0 Å². The molecule has 1 aliphatic rings. The van der Waals surface area contributed by atoms with E-state index in [0.717, 1.165) is 30.3 Å². The minimum Gasteiger partial charge on any atom is -0.371 e. The smallest absolute Gasteiger partial charge is 0.129 e. The van der Waals surface area contributed by atoms with Gasteiger partial charge in [0.15, 0.2) is 0 Å². The maximum absolute atomic E-state index is 13.7. The molecule has 0 amide bonds. The number of piperidine rings is 1. The van der Waals surface area contributed by atoms with Crippen LogP contribution in [0.3, 0.4) is 0 Å². The Labute approximate surface area is 118 Å². The zero-order chi connectivity index (χ0) is 13.0. The fourth-order valence-corrected chi connectivity index (χ4v) is 3.40. The maximum atomic E-state index is 13.7. The number of rotatable bonds is 4. The Morgan fingerprint density at radius 3 is 2.67 bits per heavy atom. The number of alkyl halides is 1. The molecule has 1 saturated heterocycles. The summed E-state index contributed by atoms with van der Waals surface area (Å²) in [5, 5.41) is 0.587. The third kappa shape index (κ3) is 3.05. The predicted octanol–water partition coefficient (Wildman–Crippen LogP) is 4.74. The minimum absolute atomic E-state index is 0.0972. The highest BCUT2D eigenvalue weighted by Crippen LogP contribution is 2.30. The summed E-state index contributed by atoms with van der Waals surface area (Å²) in [5.74, 6) is 0.771. The van der Waals surface area contributed by atoms with Crippen molar-refractivity contribution >= 4 is 21.6 Å². The highest BCUT2D eigenvalue weighted by Gasteiger charge is 2.21. The van der Waals surface area contributed by atoms with Crippen LogP contribution in [0.5, 0.6) is 0 Å². The Morgan fingerprint density at radius 1 is 1.33 bits per heavy atom. The third-order valence-electron chi connectivity index (χ3n) is 3.88. The summed E-state index contributed by atoms with van der Waals surface area (Å²) in [6, 6.07) is 5.40. The molecule has 1 nitrogen and oxygen atoms in total. The second-order valence-electron chi connectivity index (χ2n) is 5.09. The fraction of sp³-hybridized carbons (Fsp3) is 0.600. The van der Waals surface area contributed by atoms with Crippen molar-refractivity contribution in [3.63, 3.8) is 0 Å². The molecule has 1 fully saturated rings. The van der Waals surface area contributed by atoms with Gasteiger partial charge in [-0.3, -0.25) is 0 Å². The first kappa shape index (κ1) is 13.9. The summed E-state index contributed by atoms with van der Waals surface area (Å²) >= 11 is 3.40. The van der Waals surface area contributed by atoms with E-state index in [1.54, 1.807) is 6.07 Å². The van der Waals surface area contributed by atoms with Crippen molar-refractivity contribution in [2.24, 2.45) is 5.92 Å². The van der Waals surface area contributed by atoms with Crippen molar-refractivity contribution in [1.82, 2.24) is 0 Å². The van der Waals surface area contributed by atoms with Gasteiger partial charge in [-0.1, -0.05) is 41.8 Å². The quantitative estimate of drug-likeness (QED) is 0.726. The molecule has 0 radical (unpaired) electrons. The zero-order valence-electron chi connectivity index (χ0n) is 11.0. The molecular formula is C15H21BrFN. The van der Waals surface area contributed by atoms with Crippen molar-refractivity contribution in [2.45, 2.75) is 37.9 Å². The zero-order valence-corrected chi connectivity index (χ0v) is 12.5. The first-order chi connectivity index (χ1) is 8.76. The van der Waals surface area contributed by atoms with E-state index in [4.69, 9.17) is 0 Å². The Balaban J connectivity index is 2.07. The monoisotopic (exact) mass is 313 g/mol. The molecule has 1 heterocycles. The van der Waals surface area contributed by atoms with Crippen LogP contribution in [0.4, 0.5) is 10.1 Å². The van der Waals surface area contributed by atoms with Gasteiger partial charge in [0.05, 0.1) is 0 Å². The average Bonchev–Trinajstić information content (AvgIpc) is 2.40. The van der Waals surface area contributed by atoms with E-state index in [0.29, 0.717) is 5.33 Å². The molecule has 0 aliphatic carbocycles. The van der Waals surface area contributed by atoms with Crippen LogP contribution < -0.4 is 4.90 Å². The molecule has 2 rings (SSSR count). The van der Waals surface area contributed by atoms with Gasteiger partial charge in [-0.05, 0) is 30.9 Å². The van der Waals surface area contributed by atoms with E-state index in [1.807, 2.05) is 12.1 Å². The highest BCUT2D eigenvalue weighted by atomic mass is 79.9. The SMILES string of the molecule is CCCC1CCN(c2cccc(F)c2CBr)CC1. The van der Waals surface area contributed by atoms with Crippen molar-refractivity contribution in [3.05, 3.63) is 29.6 Å². The van der Waals surface area contributed by atoms with Crippen LogP contribution in [0, 0.1) is 11.7 Å². The van der Waals surface area contributed by atoms with E-state index in [-0.39, 0.29) is 5.82 Å². The minimum atomic E-state index is -0.0972.